The van der Waals surface area contributed by atoms with Crippen LogP contribution in [0.4, 0.5) is 28.7 Å². The van der Waals surface area contributed by atoms with E-state index < -0.39 is 4.92 Å². The van der Waals surface area contributed by atoms with Crippen LogP contribution in [0.3, 0.4) is 0 Å². The number of nitro groups is 1. The van der Waals surface area contributed by atoms with Gasteiger partial charge in [-0.25, -0.2) is 15.0 Å². The Hall–Kier alpha value is -4.39. The van der Waals surface area contributed by atoms with Gasteiger partial charge in [-0.3, -0.25) is 10.1 Å². The number of methoxy groups -OCH3 is 2. The highest BCUT2D eigenvalue weighted by molar-refractivity contribution is 6.41. The zero-order valence-electron chi connectivity index (χ0n) is 22.6. The molecule has 2 aromatic heterocycles. The molecule has 0 aliphatic rings. The van der Waals surface area contributed by atoms with Crippen molar-refractivity contribution in [1.82, 2.24) is 19.9 Å². The summed E-state index contributed by atoms with van der Waals surface area (Å²) in [6.07, 6.45) is 2.93. The van der Waals surface area contributed by atoms with Crippen molar-refractivity contribution >= 4 is 51.9 Å². The van der Waals surface area contributed by atoms with Gasteiger partial charge in [0.2, 0.25) is 0 Å². The molecule has 2 heterocycles. The van der Waals surface area contributed by atoms with Gasteiger partial charge in [-0.05, 0) is 38.4 Å². The highest BCUT2D eigenvalue weighted by Gasteiger charge is 2.20. The van der Waals surface area contributed by atoms with Crippen LogP contribution in [0.25, 0.3) is 11.3 Å². The van der Waals surface area contributed by atoms with Crippen LogP contribution in [0.1, 0.15) is 0 Å². The van der Waals surface area contributed by atoms with Crippen molar-refractivity contribution in [2.45, 2.75) is 0 Å². The van der Waals surface area contributed by atoms with E-state index in [0.717, 1.165) is 0 Å². The monoisotopic (exact) mass is 599 g/mol. The third-order valence-corrected chi connectivity index (χ3v) is 6.55. The molecular weight excluding hydrogens is 573 g/mol. The molecule has 14 heteroatoms. The lowest BCUT2D eigenvalue weighted by Gasteiger charge is -2.17. The second kappa shape index (κ2) is 13.3. The average molecular weight is 600 g/mol. The first-order valence-electron chi connectivity index (χ1n) is 12.2. The fourth-order valence-corrected chi connectivity index (χ4v) is 4.34. The van der Waals surface area contributed by atoms with Gasteiger partial charge in [0.15, 0.2) is 0 Å². The number of halogens is 2. The largest absolute Gasteiger partial charge is 0.495 e. The van der Waals surface area contributed by atoms with E-state index in [2.05, 4.69) is 25.6 Å². The number of likely N-dealkylation sites (N-methyl/N-ethyl adjacent to an activating group) is 1. The molecule has 0 amide bonds. The van der Waals surface area contributed by atoms with Gasteiger partial charge < -0.3 is 29.7 Å². The Morgan fingerprint density at radius 1 is 0.976 bits per heavy atom. The summed E-state index contributed by atoms with van der Waals surface area (Å²) in [6.45, 7) is 1.07. The molecule has 0 spiro atoms. The third-order valence-electron chi connectivity index (χ3n) is 5.80. The van der Waals surface area contributed by atoms with E-state index >= 15 is 0 Å². The summed E-state index contributed by atoms with van der Waals surface area (Å²) >= 11 is 13.1. The van der Waals surface area contributed by atoms with Crippen LogP contribution in [0.2, 0.25) is 10.0 Å². The molecule has 0 aliphatic carbocycles. The lowest BCUT2D eigenvalue weighted by atomic mass is 10.1. The third kappa shape index (κ3) is 7.04. The Morgan fingerprint density at radius 2 is 1.71 bits per heavy atom. The van der Waals surface area contributed by atoms with Crippen molar-refractivity contribution in [1.29, 1.82) is 0 Å². The van der Waals surface area contributed by atoms with Gasteiger partial charge in [-0.1, -0.05) is 23.2 Å². The number of hydrogen-bond donors (Lipinski definition) is 2. The second-order valence-corrected chi connectivity index (χ2v) is 9.57. The van der Waals surface area contributed by atoms with E-state index in [1.807, 2.05) is 19.0 Å². The minimum absolute atomic E-state index is 0.160. The first-order valence-corrected chi connectivity index (χ1v) is 12.9. The molecule has 0 atom stereocenters. The number of nitrogens with zero attached hydrogens (tertiary/aromatic N) is 5. The molecule has 0 fully saturated rings. The molecule has 4 aromatic rings. The molecule has 0 radical (unpaired) electrons. The highest BCUT2D eigenvalue weighted by atomic mass is 35.5. The SMILES string of the molecule is COc1cc(OC)c(Cl)c(Nc2ncccc2-c2cc(Nc3ccc(OCCN(C)C)cc3[N+](=O)[O-])ncn2)c1Cl. The molecule has 2 aromatic carbocycles. The van der Waals surface area contributed by atoms with Crippen molar-refractivity contribution in [3.63, 3.8) is 0 Å². The predicted molar refractivity (Wildman–Crippen MR) is 159 cm³/mol. The minimum Gasteiger partial charge on any atom is -0.495 e. The summed E-state index contributed by atoms with van der Waals surface area (Å²) < 4.78 is 16.4. The van der Waals surface area contributed by atoms with E-state index in [-0.39, 0.29) is 21.4 Å². The van der Waals surface area contributed by atoms with Gasteiger partial charge in [0.25, 0.3) is 5.69 Å². The first kappa shape index (κ1) is 29.6. The van der Waals surface area contributed by atoms with Crippen molar-refractivity contribution in [3.05, 3.63) is 75.1 Å². The topological polar surface area (TPSA) is 137 Å². The van der Waals surface area contributed by atoms with Crippen LogP contribution in [0.5, 0.6) is 17.2 Å². The molecule has 0 aliphatic heterocycles. The summed E-state index contributed by atoms with van der Waals surface area (Å²) in [6, 6.07) is 11.4. The maximum atomic E-state index is 11.8. The lowest BCUT2D eigenvalue weighted by molar-refractivity contribution is -0.384. The Balaban J connectivity index is 1.64. The van der Waals surface area contributed by atoms with Gasteiger partial charge in [0, 0.05) is 30.4 Å². The van der Waals surface area contributed by atoms with Crippen LogP contribution < -0.4 is 24.8 Å². The molecule has 4 rings (SSSR count). The number of aromatic nitrogens is 3. The quantitative estimate of drug-likeness (QED) is 0.142. The Kier molecular flexibility index (Phi) is 9.61. The van der Waals surface area contributed by atoms with Crippen LogP contribution in [-0.4, -0.2) is 66.2 Å². The van der Waals surface area contributed by atoms with Crippen molar-refractivity contribution in [2.75, 3.05) is 52.1 Å². The standard InChI is InChI=1S/C27H27Cl2N7O5/c1-35(2)10-11-41-16-7-8-18(20(12-16)36(37)38)33-23-13-19(31-15-32-23)17-6-5-9-30-27(17)34-26-24(28)21(39-3)14-22(40-4)25(26)29/h5-9,12-15H,10-11H2,1-4H3,(H,30,34)(H,31,32,33). The molecule has 2 N–H and O–H groups in total. The number of nitrogens with one attached hydrogen (secondary N) is 2. The Bertz CT molecular complexity index is 1530. The van der Waals surface area contributed by atoms with Gasteiger partial charge >= 0.3 is 0 Å². The van der Waals surface area contributed by atoms with Crippen molar-refractivity contribution in [2.24, 2.45) is 0 Å². The normalized spacial score (nSPS) is 10.8. The zero-order chi connectivity index (χ0) is 29.5. The lowest BCUT2D eigenvalue weighted by Crippen LogP contribution is -2.19. The van der Waals surface area contributed by atoms with Crippen LogP contribution in [0, 0.1) is 10.1 Å². The van der Waals surface area contributed by atoms with Gasteiger partial charge in [0.05, 0.1) is 36.6 Å². The number of benzene rings is 2. The number of pyridine rings is 1. The van der Waals surface area contributed by atoms with Crippen LogP contribution in [-0.2, 0) is 0 Å². The molecule has 0 saturated heterocycles. The van der Waals surface area contributed by atoms with Gasteiger partial charge in [0.1, 0.15) is 57.6 Å². The first-order chi connectivity index (χ1) is 19.7. The van der Waals surface area contributed by atoms with Crippen molar-refractivity contribution < 1.29 is 19.1 Å². The molecule has 0 unspecified atom stereocenters. The minimum atomic E-state index is -0.484. The van der Waals surface area contributed by atoms with Crippen molar-refractivity contribution in [3.8, 4) is 28.5 Å². The summed E-state index contributed by atoms with van der Waals surface area (Å²) in [4.78, 5) is 26.3. The zero-order valence-corrected chi connectivity index (χ0v) is 24.2. The van der Waals surface area contributed by atoms with E-state index in [4.69, 9.17) is 37.4 Å². The van der Waals surface area contributed by atoms with Crippen LogP contribution >= 0.6 is 23.2 Å². The average Bonchev–Trinajstić information content (AvgIpc) is 2.96. The van der Waals surface area contributed by atoms with Gasteiger partial charge in [-0.2, -0.15) is 0 Å². The predicted octanol–water partition coefficient (Wildman–Crippen LogP) is 6.20. The van der Waals surface area contributed by atoms with E-state index in [9.17, 15) is 10.1 Å². The van der Waals surface area contributed by atoms with Gasteiger partial charge in [-0.15, -0.1) is 0 Å². The maximum absolute atomic E-state index is 11.8. The fraction of sp³-hybridized carbons (Fsp3) is 0.222. The van der Waals surface area contributed by atoms with Crippen LogP contribution in [0.15, 0.2) is 55.0 Å². The summed E-state index contributed by atoms with van der Waals surface area (Å²) in [5, 5.41) is 18.5. The summed E-state index contributed by atoms with van der Waals surface area (Å²) in [5.41, 5.74) is 1.48. The maximum Gasteiger partial charge on any atom is 0.296 e. The molecule has 12 nitrogen and oxygen atoms in total. The number of nitro benzene ring substituents is 1. The molecule has 0 saturated carbocycles. The molecule has 0 bridgehead atoms. The second-order valence-electron chi connectivity index (χ2n) is 8.81. The Labute approximate surface area is 246 Å². The molecule has 41 heavy (non-hydrogen) atoms. The number of anilines is 4. The number of ether oxygens (including phenoxy) is 3. The number of hydrogen-bond acceptors (Lipinski definition) is 11. The van der Waals surface area contributed by atoms with E-state index in [1.165, 1.54) is 26.6 Å². The van der Waals surface area contributed by atoms with E-state index in [0.29, 0.717) is 59.0 Å². The smallest absolute Gasteiger partial charge is 0.296 e. The summed E-state index contributed by atoms with van der Waals surface area (Å²) in [5.74, 6) is 1.83. The summed E-state index contributed by atoms with van der Waals surface area (Å²) in [7, 11) is 6.80. The van der Waals surface area contributed by atoms with E-state index in [1.54, 1.807) is 42.6 Å². The molecule has 214 valence electrons. The highest BCUT2D eigenvalue weighted by Crippen LogP contribution is 2.46. The fourth-order valence-electron chi connectivity index (χ4n) is 3.74. The molecular formula is C27H27Cl2N7O5. The number of rotatable bonds is 12. The Morgan fingerprint density at radius 3 is 2.37 bits per heavy atom.